The van der Waals surface area contributed by atoms with E-state index in [0.717, 1.165) is 5.56 Å². The van der Waals surface area contributed by atoms with E-state index >= 15 is 0 Å². The number of rotatable bonds is 7. The molecule has 0 spiro atoms. The molecule has 0 heterocycles. The van der Waals surface area contributed by atoms with Gasteiger partial charge in [0.05, 0.1) is 0 Å². The van der Waals surface area contributed by atoms with Crippen molar-refractivity contribution in [1.29, 1.82) is 0 Å². The summed E-state index contributed by atoms with van der Waals surface area (Å²) in [5.74, 6) is -1.06. The number of halogens is 1. The Kier molecular flexibility index (Phi) is 6.52. The lowest BCUT2D eigenvalue weighted by molar-refractivity contribution is -0.138. The van der Waals surface area contributed by atoms with Crippen LogP contribution < -0.4 is 0 Å². The highest BCUT2D eigenvalue weighted by Gasteiger charge is 2.17. The normalized spacial score (nSPS) is 11.9. The number of aliphatic carboxylic acids is 1. The summed E-state index contributed by atoms with van der Waals surface area (Å²) in [6, 6.07) is 7.39. The molecule has 0 aliphatic heterocycles. The lowest BCUT2D eigenvalue weighted by atomic mass is 10.0. The second kappa shape index (κ2) is 7.90. The molecule has 1 aromatic carbocycles. The fourth-order valence-electron chi connectivity index (χ4n) is 2.03. The number of carboxylic acid groups (broad SMARTS) is 1. The molecule has 1 unspecified atom stereocenters. The van der Waals surface area contributed by atoms with E-state index in [1.165, 1.54) is 0 Å². The van der Waals surface area contributed by atoms with Crippen LogP contribution in [-0.2, 0) is 16.1 Å². The predicted molar refractivity (Wildman–Crippen MR) is 78.6 cm³/mol. The van der Waals surface area contributed by atoms with Crippen LogP contribution in [0.15, 0.2) is 24.3 Å². The molecule has 0 aromatic heterocycles. The van der Waals surface area contributed by atoms with Gasteiger partial charge < -0.3 is 10.0 Å². The molecular formula is C15H20ClNO3. The number of carbonyl (C=O) groups is 2. The summed E-state index contributed by atoms with van der Waals surface area (Å²) in [4.78, 5) is 24.5. The molecule has 4 nitrogen and oxygen atoms in total. The molecule has 0 saturated carbocycles. The van der Waals surface area contributed by atoms with Gasteiger partial charge in [-0.2, -0.15) is 0 Å². The minimum Gasteiger partial charge on any atom is -0.481 e. The molecule has 0 bridgehead atoms. The zero-order chi connectivity index (χ0) is 15.1. The number of nitrogens with zero attached hydrogens (tertiary/aromatic N) is 1. The summed E-state index contributed by atoms with van der Waals surface area (Å²) < 4.78 is 0. The molecule has 0 radical (unpaired) electrons. The maximum atomic E-state index is 12.2. The number of carboxylic acids is 1. The van der Waals surface area contributed by atoms with E-state index in [4.69, 9.17) is 16.7 Å². The average Bonchev–Trinajstić information content (AvgIpc) is 2.34. The Hall–Kier alpha value is -1.55. The summed E-state index contributed by atoms with van der Waals surface area (Å²) in [5, 5.41) is 9.36. The van der Waals surface area contributed by atoms with Gasteiger partial charge in [-0.3, -0.25) is 9.59 Å². The SMILES string of the molecule is CCN(Cc1cccc(Cl)c1)C(=O)CC(C)CC(=O)O. The third-order valence-corrected chi connectivity index (χ3v) is 3.28. The maximum Gasteiger partial charge on any atom is 0.303 e. The second-order valence-corrected chi connectivity index (χ2v) is 5.38. The summed E-state index contributed by atoms with van der Waals surface area (Å²) in [6.45, 7) is 4.77. The van der Waals surface area contributed by atoms with Crippen LogP contribution >= 0.6 is 11.6 Å². The minimum atomic E-state index is -0.872. The molecule has 5 heteroatoms. The van der Waals surface area contributed by atoms with Crippen LogP contribution in [-0.4, -0.2) is 28.4 Å². The Morgan fingerprint density at radius 2 is 2.05 bits per heavy atom. The molecule has 1 atom stereocenters. The van der Waals surface area contributed by atoms with Crippen molar-refractivity contribution in [3.63, 3.8) is 0 Å². The molecule has 1 amide bonds. The fraction of sp³-hybridized carbons (Fsp3) is 0.467. The maximum absolute atomic E-state index is 12.2. The van der Waals surface area contributed by atoms with E-state index in [0.29, 0.717) is 18.1 Å². The largest absolute Gasteiger partial charge is 0.481 e. The van der Waals surface area contributed by atoms with Gasteiger partial charge in [-0.1, -0.05) is 30.7 Å². The molecule has 0 saturated heterocycles. The smallest absolute Gasteiger partial charge is 0.303 e. The van der Waals surface area contributed by atoms with Gasteiger partial charge in [-0.15, -0.1) is 0 Å². The minimum absolute atomic E-state index is 0.0143. The molecule has 110 valence electrons. The van der Waals surface area contributed by atoms with Crippen LogP contribution in [0.2, 0.25) is 5.02 Å². The Balaban J connectivity index is 2.61. The van der Waals surface area contributed by atoms with Crippen LogP contribution in [0.4, 0.5) is 0 Å². The first-order valence-electron chi connectivity index (χ1n) is 6.66. The van der Waals surface area contributed by atoms with Crippen LogP contribution in [0.5, 0.6) is 0 Å². The number of amides is 1. The summed E-state index contributed by atoms with van der Waals surface area (Å²) in [5.41, 5.74) is 0.971. The Bertz CT molecular complexity index is 476. The zero-order valence-electron chi connectivity index (χ0n) is 11.8. The van der Waals surface area contributed by atoms with Crippen molar-refractivity contribution in [2.45, 2.75) is 33.2 Å². The lowest BCUT2D eigenvalue weighted by Gasteiger charge is -2.22. The van der Waals surface area contributed by atoms with Gasteiger partial charge in [0.1, 0.15) is 0 Å². The van der Waals surface area contributed by atoms with E-state index in [2.05, 4.69) is 0 Å². The van der Waals surface area contributed by atoms with Gasteiger partial charge in [0, 0.05) is 31.0 Å². The van der Waals surface area contributed by atoms with E-state index < -0.39 is 5.97 Å². The zero-order valence-corrected chi connectivity index (χ0v) is 12.6. The highest BCUT2D eigenvalue weighted by atomic mass is 35.5. The molecule has 0 aliphatic carbocycles. The quantitative estimate of drug-likeness (QED) is 0.841. The topological polar surface area (TPSA) is 57.6 Å². The molecule has 1 rings (SSSR count). The lowest BCUT2D eigenvalue weighted by Crippen LogP contribution is -2.31. The molecule has 0 aliphatic rings. The van der Waals surface area contributed by atoms with Gasteiger partial charge in [-0.25, -0.2) is 0 Å². The van der Waals surface area contributed by atoms with Crippen molar-refractivity contribution >= 4 is 23.5 Å². The molecule has 1 aromatic rings. The third kappa shape index (κ3) is 5.61. The monoisotopic (exact) mass is 297 g/mol. The van der Waals surface area contributed by atoms with Crippen molar-refractivity contribution in [1.82, 2.24) is 4.90 Å². The van der Waals surface area contributed by atoms with Crippen LogP contribution in [0.3, 0.4) is 0 Å². The second-order valence-electron chi connectivity index (χ2n) is 4.94. The van der Waals surface area contributed by atoms with Crippen LogP contribution in [0.25, 0.3) is 0 Å². The Labute approximate surface area is 124 Å². The summed E-state index contributed by atoms with van der Waals surface area (Å²) in [7, 11) is 0. The van der Waals surface area contributed by atoms with Crippen molar-refractivity contribution in [3.05, 3.63) is 34.9 Å². The Morgan fingerprint density at radius 3 is 2.60 bits per heavy atom. The summed E-state index contributed by atoms with van der Waals surface area (Å²) in [6.07, 6.45) is 0.265. The van der Waals surface area contributed by atoms with E-state index in [9.17, 15) is 9.59 Å². The van der Waals surface area contributed by atoms with Crippen LogP contribution in [0.1, 0.15) is 32.3 Å². The summed E-state index contributed by atoms with van der Waals surface area (Å²) >= 11 is 5.92. The number of carbonyl (C=O) groups excluding carboxylic acids is 1. The first-order chi connectivity index (χ1) is 9.42. The first kappa shape index (κ1) is 16.5. The molecule has 0 fully saturated rings. The number of hydrogen-bond donors (Lipinski definition) is 1. The first-order valence-corrected chi connectivity index (χ1v) is 7.04. The number of benzene rings is 1. The van der Waals surface area contributed by atoms with Crippen molar-refractivity contribution in [3.8, 4) is 0 Å². The standard InChI is InChI=1S/C15H20ClNO3/c1-3-17(10-12-5-4-6-13(16)9-12)14(18)7-11(2)8-15(19)20/h4-6,9,11H,3,7-8,10H2,1-2H3,(H,19,20). The van der Waals surface area contributed by atoms with Gasteiger partial charge >= 0.3 is 5.97 Å². The van der Waals surface area contributed by atoms with Crippen LogP contribution in [0, 0.1) is 5.92 Å². The Morgan fingerprint density at radius 1 is 1.35 bits per heavy atom. The van der Waals surface area contributed by atoms with Gasteiger partial charge in [-0.05, 0) is 30.5 Å². The highest BCUT2D eigenvalue weighted by Crippen LogP contribution is 2.15. The third-order valence-electron chi connectivity index (χ3n) is 3.04. The predicted octanol–water partition coefficient (Wildman–Crippen LogP) is 3.19. The number of hydrogen-bond acceptors (Lipinski definition) is 2. The van der Waals surface area contributed by atoms with Gasteiger partial charge in [0.2, 0.25) is 5.91 Å². The average molecular weight is 298 g/mol. The van der Waals surface area contributed by atoms with Gasteiger partial charge in [0.15, 0.2) is 0 Å². The van der Waals surface area contributed by atoms with Crippen molar-refractivity contribution in [2.75, 3.05) is 6.54 Å². The molecule has 20 heavy (non-hydrogen) atoms. The van der Waals surface area contributed by atoms with Crippen molar-refractivity contribution in [2.24, 2.45) is 5.92 Å². The van der Waals surface area contributed by atoms with E-state index in [-0.39, 0.29) is 24.7 Å². The highest BCUT2D eigenvalue weighted by molar-refractivity contribution is 6.30. The van der Waals surface area contributed by atoms with E-state index in [1.807, 2.05) is 25.1 Å². The van der Waals surface area contributed by atoms with E-state index in [1.54, 1.807) is 17.9 Å². The fourth-order valence-corrected chi connectivity index (χ4v) is 2.24. The molecular weight excluding hydrogens is 278 g/mol. The van der Waals surface area contributed by atoms with Gasteiger partial charge in [0.25, 0.3) is 0 Å². The van der Waals surface area contributed by atoms with Crippen molar-refractivity contribution < 1.29 is 14.7 Å². The molecule has 1 N–H and O–H groups in total.